The molecule has 1 aromatic carbocycles. The number of carbonyl (C=O) groups is 2. The van der Waals surface area contributed by atoms with E-state index in [9.17, 15) is 23.5 Å². The second-order valence-corrected chi connectivity index (χ2v) is 8.77. The van der Waals surface area contributed by atoms with Crippen molar-refractivity contribution in [2.45, 2.75) is 31.3 Å². The maximum absolute atomic E-state index is 14.8. The van der Waals surface area contributed by atoms with E-state index < -0.39 is 11.6 Å². The monoisotopic (exact) mass is 470 g/mol. The van der Waals surface area contributed by atoms with Gasteiger partial charge in [-0.05, 0) is 25.0 Å². The van der Waals surface area contributed by atoms with Gasteiger partial charge in [-0.1, -0.05) is 0 Å². The number of nitrogens with zero attached hydrogens (tertiary/aromatic N) is 5. The van der Waals surface area contributed by atoms with Crippen LogP contribution in [0.25, 0.3) is 10.9 Å². The molecule has 3 aromatic rings. The Hall–Kier alpha value is -3.60. The molecule has 11 heteroatoms. The van der Waals surface area contributed by atoms with Crippen LogP contribution in [-0.4, -0.2) is 73.8 Å². The first-order chi connectivity index (χ1) is 16.4. The summed E-state index contributed by atoms with van der Waals surface area (Å²) in [5.74, 6) is -2.04. The molecule has 2 aliphatic heterocycles. The number of hydrogen-bond acceptors (Lipinski definition) is 6. The number of aliphatic hydroxyl groups is 1. The van der Waals surface area contributed by atoms with Gasteiger partial charge in [-0.2, -0.15) is 5.10 Å². The normalized spacial score (nSPS) is 18.5. The van der Waals surface area contributed by atoms with Crippen LogP contribution in [0.4, 0.5) is 14.6 Å². The predicted octanol–water partition coefficient (Wildman–Crippen LogP) is 1.51. The average molecular weight is 470 g/mol. The van der Waals surface area contributed by atoms with Crippen molar-refractivity contribution in [1.29, 1.82) is 0 Å². The highest BCUT2D eigenvalue weighted by Crippen LogP contribution is 2.34. The van der Waals surface area contributed by atoms with Crippen molar-refractivity contribution in [2.24, 2.45) is 0 Å². The lowest BCUT2D eigenvalue weighted by Crippen LogP contribution is -2.48. The summed E-state index contributed by atoms with van der Waals surface area (Å²) in [6, 6.07) is 4.77. The quantitative estimate of drug-likeness (QED) is 0.584. The number of benzene rings is 1. The molecule has 0 bridgehead atoms. The minimum Gasteiger partial charge on any atom is -0.394 e. The van der Waals surface area contributed by atoms with E-state index in [1.54, 1.807) is 15.9 Å². The zero-order chi connectivity index (χ0) is 24.0. The summed E-state index contributed by atoms with van der Waals surface area (Å²) in [6.07, 6.45) is 2.96. The molecule has 5 rings (SSSR count). The molecule has 2 aliphatic rings. The Morgan fingerprint density at radius 3 is 2.74 bits per heavy atom. The number of halogens is 2. The zero-order valence-corrected chi connectivity index (χ0v) is 18.3. The van der Waals surface area contributed by atoms with Gasteiger partial charge >= 0.3 is 0 Å². The van der Waals surface area contributed by atoms with Crippen LogP contribution in [0.1, 0.15) is 34.8 Å². The van der Waals surface area contributed by atoms with E-state index in [1.807, 2.05) is 0 Å². The van der Waals surface area contributed by atoms with Crippen LogP contribution in [0.3, 0.4) is 0 Å². The fraction of sp³-hybridized carbons (Fsp3) is 0.391. The highest BCUT2D eigenvalue weighted by molar-refractivity contribution is 5.95. The summed E-state index contributed by atoms with van der Waals surface area (Å²) < 4.78 is 30.2. The average Bonchev–Trinajstić information content (AvgIpc) is 3.38. The molecule has 1 atom stereocenters. The number of amides is 2. The van der Waals surface area contributed by atoms with E-state index in [2.05, 4.69) is 10.1 Å². The second kappa shape index (κ2) is 8.64. The van der Waals surface area contributed by atoms with Crippen molar-refractivity contribution < 1.29 is 23.5 Å². The molecule has 34 heavy (non-hydrogen) atoms. The third kappa shape index (κ3) is 3.85. The zero-order valence-electron chi connectivity index (χ0n) is 18.3. The van der Waals surface area contributed by atoms with E-state index in [0.29, 0.717) is 37.3 Å². The molecule has 4 heterocycles. The number of nitrogens with two attached hydrogens (primary N) is 1. The summed E-state index contributed by atoms with van der Waals surface area (Å²) in [7, 11) is 0. The Bertz CT molecular complexity index is 1270. The fourth-order valence-electron chi connectivity index (χ4n) is 4.81. The Balaban J connectivity index is 1.40. The molecule has 178 valence electrons. The summed E-state index contributed by atoms with van der Waals surface area (Å²) in [4.78, 5) is 32.7. The van der Waals surface area contributed by atoms with Crippen LogP contribution >= 0.6 is 0 Å². The largest absolute Gasteiger partial charge is 0.394 e. The molecule has 0 unspecified atom stereocenters. The molecule has 9 nitrogen and oxygen atoms in total. The smallest absolute Gasteiger partial charge is 0.254 e. The van der Waals surface area contributed by atoms with Crippen molar-refractivity contribution in [3.63, 3.8) is 0 Å². The maximum atomic E-state index is 14.8. The van der Waals surface area contributed by atoms with Crippen molar-refractivity contribution >= 4 is 28.5 Å². The van der Waals surface area contributed by atoms with Crippen molar-refractivity contribution in [1.82, 2.24) is 24.6 Å². The molecule has 0 aliphatic carbocycles. The van der Waals surface area contributed by atoms with Crippen LogP contribution < -0.4 is 5.73 Å². The summed E-state index contributed by atoms with van der Waals surface area (Å²) in [5.41, 5.74) is 6.64. The van der Waals surface area contributed by atoms with Crippen LogP contribution in [0.2, 0.25) is 0 Å². The first-order valence-corrected chi connectivity index (χ1v) is 11.1. The first kappa shape index (κ1) is 22.2. The molecular weight excluding hydrogens is 446 g/mol. The minimum atomic E-state index is -0.764. The summed E-state index contributed by atoms with van der Waals surface area (Å²) >= 11 is 0. The number of hydrogen-bond donors (Lipinski definition) is 2. The standard InChI is InChI=1S/C23H24F2N6O3/c24-15-7-17(25)21-18(8-15)31(11-20(33)30-5-1-2-16(30)12-32)28-22(21)14-9-29(10-14)23(34)13-3-4-27-19(26)6-13/h3-4,6-8,14,16,32H,1-2,5,9-12H2,(H2,26,27)/t16-/m1/s1. The van der Waals surface area contributed by atoms with E-state index in [-0.39, 0.29) is 53.6 Å². The SMILES string of the molecule is Nc1cc(C(=O)N2CC(c3nn(CC(=O)N4CCC[C@@H]4CO)c4cc(F)cc(F)c34)C2)ccn1. The molecule has 2 amide bonds. The number of aromatic nitrogens is 3. The van der Waals surface area contributed by atoms with Crippen LogP contribution in [-0.2, 0) is 11.3 Å². The van der Waals surface area contributed by atoms with Gasteiger partial charge in [0.2, 0.25) is 5.91 Å². The number of fused-ring (bicyclic) bond motifs is 1. The van der Waals surface area contributed by atoms with Crippen LogP contribution in [0, 0.1) is 11.6 Å². The summed E-state index contributed by atoms with van der Waals surface area (Å²) in [6.45, 7) is 0.808. The van der Waals surface area contributed by atoms with Gasteiger partial charge < -0.3 is 20.6 Å². The van der Waals surface area contributed by atoms with E-state index in [0.717, 1.165) is 18.6 Å². The first-order valence-electron chi connectivity index (χ1n) is 11.1. The molecule has 0 radical (unpaired) electrons. The van der Waals surface area contributed by atoms with E-state index in [4.69, 9.17) is 5.73 Å². The Kier molecular flexibility index (Phi) is 5.64. The highest BCUT2D eigenvalue weighted by Gasteiger charge is 2.37. The second-order valence-electron chi connectivity index (χ2n) is 8.77. The highest BCUT2D eigenvalue weighted by atomic mass is 19.1. The van der Waals surface area contributed by atoms with Crippen molar-refractivity contribution in [2.75, 3.05) is 32.0 Å². The van der Waals surface area contributed by atoms with Crippen molar-refractivity contribution in [3.05, 3.63) is 53.4 Å². The topological polar surface area (TPSA) is 118 Å². The van der Waals surface area contributed by atoms with Crippen molar-refractivity contribution in [3.8, 4) is 0 Å². The van der Waals surface area contributed by atoms with Gasteiger partial charge in [0.1, 0.15) is 24.0 Å². The molecule has 0 saturated carbocycles. The van der Waals surface area contributed by atoms with Gasteiger partial charge in [0.15, 0.2) is 0 Å². The van der Waals surface area contributed by atoms with E-state index in [1.165, 1.54) is 16.9 Å². The fourth-order valence-corrected chi connectivity index (χ4v) is 4.81. The lowest BCUT2D eigenvalue weighted by molar-refractivity contribution is -0.133. The number of rotatable bonds is 5. The van der Waals surface area contributed by atoms with Gasteiger partial charge in [-0.15, -0.1) is 0 Å². The molecular formula is C23H24F2N6O3. The number of aliphatic hydroxyl groups excluding tert-OH is 1. The number of anilines is 1. The predicted molar refractivity (Wildman–Crippen MR) is 119 cm³/mol. The lowest BCUT2D eigenvalue weighted by Gasteiger charge is -2.38. The molecule has 2 aromatic heterocycles. The van der Waals surface area contributed by atoms with Gasteiger partial charge in [0.05, 0.1) is 29.2 Å². The Morgan fingerprint density at radius 2 is 2.00 bits per heavy atom. The molecule has 0 spiro atoms. The number of likely N-dealkylation sites (tertiary alicyclic amines) is 2. The lowest BCUT2D eigenvalue weighted by atomic mass is 9.93. The van der Waals surface area contributed by atoms with Gasteiger partial charge in [0, 0.05) is 49.4 Å². The Morgan fingerprint density at radius 1 is 1.21 bits per heavy atom. The van der Waals surface area contributed by atoms with Crippen LogP contribution in [0.5, 0.6) is 0 Å². The van der Waals surface area contributed by atoms with Gasteiger partial charge in [-0.3, -0.25) is 14.3 Å². The maximum Gasteiger partial charge on any atom is 0.254 e. The number of carbonyl (C=O) groups excluding carboxylic acids is 2. The van der Waals surface area contributed by atoms with E-state index >= 15 is 0 Å². The van der Waals surface area contributed by atoms with Gasteiger partial charge in [-0.25, -0.2) is 13.8 Å². The third-order valence-corrected chi connectivity index (χ3v) is 6.57. The van der Waals surface area contributed by atoms with Gasteiger partial charge in [0.25, 0.3) is 5.91 Å². The molecule has 2 saturated heterocycles. The third-order valence-electron chi connectivity index (χ3n) is 6.57. The van der Waals surface area contributed by atoms with Crippen LogP contribution in [0.15, 0.2) is 30.5 Å². The number of pyridine rings is 1. The molecule has 3 N–H and O–H groups in total. The molecule has 2 fully saturated rings. The number of nitrogen functional groups attached to an aromatic ring is 1. The minimum absolute atomic E-state index is 0.130. The summed E-state index contributed by atoms with van der Waals surface area (Å²) in [5, 5.41) is 14.2. The Labute approximate surface area is 193 Å².